The molecule has 1 fully saturated rings. The van der Waals surface area contributed by atoms with Crippen LogP contribution in [0.1, 0.15) is 68.8 Å². The van der Waals surface area contributed by atoms with E-state index in [0.29, 0.717) is 18.9 Å². The molecule has 10 nitrogen and oxygen atoms in total. The first-order valence-corrected chi connectivity index (χ1v) is 9.53. The molecule has 0 radical (unpaired) electrons. The van der Waals surface area contributed by atoms with Crippen LogP contribution in [0.2, 0.25) is 0 Å². The molecule has 28 heavy (non-hydrogen) atoms. The van der Waals surface area contributed by atoms with Gasteiger partial charge < -0.3 is 31.6 Å². The minimum atomic E-state index is -0.950. The molecule has 1 amide bonds. The number of carboxylic acids is 1. The monoisotopic (exact) mass is 418 g/mol. The van der Waals surface area contributed by atoms with Gasteiger partial charge in [-0.1, -0.05) is 6.42 Å². The molecule has 0 spiro atoms. The Morgan fingerprint density at radius 2 is 1.89 bits per heavy atom. The number of hydrogen-bond acceptors (Lipinski definition) is 8. The van der Waals surface area contributed by atoms with Gasteiger partial charge in [0.25, 0.3) is 0 Å². The predicted octanol–water partition coefficient (Wildman–Crippen LogP) is 0.642. The van der Waals surface area contributed by atoms with Crippen molar-refractivity contribution in [2.45, 2.75) is 57.0 Å². The largest absolute Gasteiger partial charge is 0.481 e. The third-order valence-corrected chi connectivity index (χ3v) is 4.71. The lowest BCUT2D eigenvalue weighted by Gasteiger charge is -2.24. The highest BCUT2D eigenvalue weighted by Crippen LogP contribution is 2.23. The number of aliphatic carboxylic acids is 1. The van der Waals surface area contributed by atoms with Gasteiger partial charge in [-0.3, -0.25) is 9.59 Å². The zero-order valence-electron chi connectivity index (χ0n) is 15.9. The van der Waals surface area contributed by atoms with Gasteiger partial charge in [0.15, 0.2) is 0 Å². The van der Waals surface area contributed by atoms with Crippen molar-refractivity contribution in [3.05, 3.63) is 11.8 Å². The zero-order chi connectivity index (χ0) is 19.6. The second-order valence-corrected chi connectivity index (χ2v) is 6.89. The normalized spacial score (nSPS) is 16.8. The summed E-state index contributed by atoms with van der Waals surface area (Å²) in [5.41, 5.74) is 11.5. The van der Waals surface area contributed by atoms with E-state index in [1.54, 1.807) is 0 Å². The molecule has 1 aliphatic rings. The van der Waals surface area contributed by atoms with Gasteiger partial charge in [0.1, 0.15) is 6.04 Å². The molecule has 1 aliphatic heterocycles. The third-order valence-electron chi connectivity index (χ3n) is 4.71. The highest BCUT2D eigenvalue weighted by atomic mass is 35.5. The van der Waals surface area contributed by atoms with Gasteiger partial charge in [-0.25, -0.2) is 0 Å². The number of unbranched alkanes of at least 4 members (excludes halogenated alkanes) is 1. The maximum atomic E-state index is 12.5. The predicted molar refractivity (Wildman–Crippen MR) is 105 cm³/mol. The molecule has 0 saturated carbocycles. The Kier molecular flexibility index (Phi) is 11.0. The average Bonchev–Trinajstić information content (AvgIpc) is 3.15. The van der Waals surface area contributed by atoms with E-state index in [-0.39, 0.29) is 43.0 Å². The summed E-state index contributed by atoms with van der Waals surface area (Å²) in [4.78, 5) is 23.5. The van der Waals surface area contributed by atoms with Gasteiger partial charge in [-0.05, 0) is 51.7 Å². The standard InChI is InChI=1S/C17H30N6O4.ClH/c18-8-2-1-3-12(19)16-22-23-17(27-16)13(4-5-14(24)25)21-15(26)11-6-9-20-10-7-11;/h11-13,20H,1-10,18-19H2,(H,21,26)(H,24,25);1H/t12-,13-;/m0./s1. The molecule has 0 unspecified atom stereocenters. The second kappa shape index (κ2) is 12.7. The summed E-state index contributed by atoms with van der Waals surface area (Å²) in [6.07, 6.45) is 3.94. The molecule has 2 heterocycles. The average molecular weight is 419 g/mol. The molecule has 0 aliphatic carbocycles. The van der Waals surface area contributed by atoms with Crippen molar-refractivity contribution in [2.24, 2.45) is 17.4 Å². The Morgan fingerprint density at radius 3 is 2.54 bits per heavy atom. The fourth-order valence-electron chi connectivity index (χ4n) is 3.07. The first-order valence-electron chi connectivity index (χ1n) is 9.53. The van der Waals surface area contributed by atoms with Gasteiger partial charge in [0.2, 0.25) is 17.7 Å². The van der Waals surface area contributed by atoms with Crippen LogP contribution in [0, 0.1) is 5.92 Å². The highest BCUT2D eigenvalue weighted by molar-refractivity contribution is 5.85. The maximum Gasteiger partial charge on any atom is 0.303 e. The quantitative estimate of drug-likeness (QED) is 0.323. The maximum absolute atomic E-state index is 12.5. The second-order valence-electron chi connectivity index (χ2n) is 6.89. The number of amides is 1. The van der Waals surface area contributed by atoms with Crippen LogP contribution in [-0.4, -0.2) is 46.8 Å². The molecular formula is C17H31ClN6O4. The van der Waals surface area contributed by atoms with Crippen LogP contribution in [0.3, 0.4) is 0 Å². The topological polar surface area (TPSA) is 169 Å². The minimum Gasteiger partial charge on any atom is -0.481 e. The van der Waals surface area contributed by atoms with E-state index in [2.05, 4.69) is 20.8 Å². The number of carbonyl (C=O) groups is 2. The number of carbonyl (C=O) groups excluding carboxylic acids is 1. The number of aromatic nitrogens is 2. The van der Waals surface area contributed by atoms with Gasteiger partial charge in [0.05, 0.1) is 6.04 Å². The number of piperidine rings is 1. The van der Waals surface area contributed by atoms with E-state index >= 15 is 0 Å². The summed E-state index contributed by atoms with van der Waals surface area (Å²) in [6.45, 7) is 2.18. The van der Waals surface area contributed by atoms with Gasteiger partial charge in [-0.15, -0.1) is 22.6 Å². The number of hydrogen-bond donors (Lipinski definition) is 5. The number of rotatable bonds is 11. The molecule has 2 atom stereocenters. The van der Waals surface area contributed by atoms with Crippen molar-refractivity contribution in [3.8, 4) is 0 Å². The Hall–Kier alpha value is -1.75. The van der Waals surface area contributed by atoms with Gasteiger partial charge >= 0.3 is 5.97 Å². The van der Waals surface area contributed by atoms with Crippen molar-refractivity contribution < 1.29 is 19.1 Å². The number of carboxylic acid groups (broad SMARTS) is 1. The zero-order valence-corrected chi connectivity index (χ0v) is 16.7. The molecule has 0 aromatic carbocycles. The fraction of sp³-hybridized carbons (Fsp3) is 0.765. The van der Waals surface area contributed by atoms with Crippen molar-refractivity contribution in [2.75, 3.05) is 19.6 Å². The minimum absolute atomic E-state index is 0. The lowest BCUT2D eigenvalue weighted by Crippen LogP contribution is -2.39. The van der Waals surface area contributed by atoms with Crippen LogP contribution < -0.4 is 22.1 Å². The SMILES string of the molecule is Cl.NCCCC[C@H](N)c1nnc([C@H](CCC(=O)O)NC(=O)C2CCNCC2)o1. The van der Waals surface area contributed by atoms with E-state index in [4.69, 9.17) is 21.0 Å². The summed E-state index contributed by atoms with van der Waals surface area (Å²) in [5.74, 6) is -0.672. The van der Waals surface area contributed by atoms with Crippen molar-refractivity contribution in [3.63, 3.8) is 0 Å². The van der Waals surface area contributed by atoms with Gasteiger partial charge in [0, 0.05) is 12.3 Å². The van der Waals surface area contributed by atoms with E-state index < -0.39 is 18.1 Å². The number of nitrogens with one attached hydrogen (secondary N) is 2. The summed E-state index contributed by atoms with van der Waals surface area (Å²) in [5, 5.41) is 23.1. The van der Waals surface area contributed by atoms with Gasteiger partial charge in [-0.2, -0.15) is 0 Å². The smallest absolute Gasteiger partial charge is 0.303 e. The van der Waals surface area contributed by atoms with Crippen molar-refractivity contribution in [1.82, 2.24) is 20.8 Å². The van der Waals surface area contributed by atoms with E-state index in [1.165, 1.54) is 0 Å². The summed E-state index contributed by atoms with van der Waals surface area (Å²) in [6, 6.07) is -1.04. The Bertz CT molecular complexity index is 608. The van der Waals surface area contributed by atoms with Crippen LogP contribution in [0.15, 0.2) is 4.42 Å². The van der Waals surface area contributed by atoms with E-state index in [9.17, 15) is 9.59 Å². The Morgan fingerprint density at radius 1 is 1.21 bits per heavy atom. The molecule has 1 saturated heterocycles. The van der Waals surface area contributed by atoms with Crippen LogP contribution in [0.25, 0.3) is 0 Å². The molecule has 0 bridgehead atoms. The molecule has 160 valence electrons. The molecule has 1 aromatic heterocycles. The number of halogens is 1. The fourth-order valence-corrected chi connectivity index (χ4v) is 3.07. The Balaban J connectivity index is 0.00000392. The van der Waals surface area contributed by atoms with Crippen LogP contribution in [0.5, 0.6) is 0 Å². The molecule has 11 heteroatoms. The summed E-state index contributed by atoms with van der Waals surface area (Å²) < 4.78 is 5.66. The van der Waals surface area contributed by atoms with Crippen LogP contribution in [0.4, 0.5) is 0 Å². The first kappa shape index (κ1) is 24.3. The third kappa shape index (κ3) is 7.70. The Labute approximate surface area is 170 Å². The summed E-state index contributed by atoms with van der Waals surface area (Å²) >= 11 is 0. The summed E-state index contributed by atoms with van der Waals surface area (Å²) in [7, 11) is 0. The lowest BCUT2D eigenvalue weighted by atomic mass is 9.96. The van der Waals surface area contributed by atoms with Crippen molar-refractivity contribution in [1.29, 1.82) is 0 Å². The number of nitrogens with zero attached hydrogens (tertiary/aromatic N) is 2. The lowest BCUT2D eigenvalue weighted by molar-refractivity contribution is -0.137. The first-order chi connectivity index (χ1) is 13.0. The van der Waals surface area contributed by atoms with E-state index in [1.807, 2.05) is 0 Å². The number of nitrogens with two attached hydrogens (primary N) is 2. The molecule has 7 N–H and O–H groups in total. The molecular weight excluding hydrogens is 388 g/mol. The van der Waals surface area contributed by atoms with Crippen LogP contribution >= 0.6 is 12.4 Å². The molecule has 2 rings (SSSR count). The van der Waals surface area contributed by atoms with Crippen LogP contribution in [-0.2, 0) is 9.59 Å². The van der Waals surface area contributed by atoms with E-state index in [0.717, 1.165) is 38.8 Å². The molecule has 1 aromatic rings. The van der Waals surface area contributed by atoms with Crippen molar-refractivity contribution >= 4 is 24.3 Å². The highest BCUT2D eigenvalue weighted by Gasteiger charge is 2.27.